The highest BCUT2D eigenvalue weighted by molar-refractivity contribution is 5.95. The molecule has 0 heterocycles. The van der Waals surface area contributed by atoms with Crippen LogP contribution in [-0.4, -0.2) is 17.7 Å². The maximum absolute atomic E-state index is 13.4. The smallest absolute Gasteiger partial charge is 0.362 e. The van der Waals surface area contributed by atoms with E-state index in [1.54, 1.807) is 0 Å². The summed E-state index contributed by atoms with van der Waals surface area (Å²) in [5.74, 6) is -6.46. The lowest BCUT2D eigenvalue weighted by molar-refractivity contribution is -0.138. The van der Waals surface area contributed by atoms with Crippen LogP contribution in [0, 0.1) is 23.0 Å². The normalized spacial score (nSPS) is 11.8. The van der Waals surface area contributed by atoms with Gasteiger partial charge in [0.1, 0.15) is 5.82 Å². The Hall–Kier alpha value is -2.38. The molecule has 0 atom stereocenters. The molecule has 0 unspecified atom stereocenters. The minimum Gasteiger partial charge on any atom is -0.505 e. The number of carbonyl (C=O) groups excluding carboxylic acids is 1. The van der Waals surface area contributed by atoms with Crippen molar-refractivity contribution in [3.05, 3.63) is 40.8 Å². The molecule has 0 aliphatic carbocycles. The second-order valence-corrected chi connectivity index (χ2v) is 3.28. The first kappa shape index (κ1) is 14.7. The Morgan fingerprint density at radius 3 is 2.42 bits per heavy atom. The Kier molecular flexibility index (Phi) is 4.62. The van der Waals surface area contributed by atoms with E-state index in [4.69, 9.17) is 5.53 Å². The van der Waals surface area contributed by atoms with Gasteiger partial charge in [-0.3, -0.25) is 0 Å². The summed E-state index contributed by atoms with van der Waals surface area (Å²) in [6, 6.07) is 0.554. The molecule has 19 heavy (non-hydrogen) atoms. The zero-order valence-electron chi connectivity index (χ0n) is 9.71. The molecule has 5 nitrogen and oxygen atoms in total. The van der Waals surface area contributed by atoms with Gasteiger partial charge in [0.15, 0.2) is 17.4 Å². The SMILES string of the molecule is CCOC(=O)/C(N=N)=C(\O)c1cc(F)c(F)cc1F. The number of nitrogens with one attached hydrogen (secondary N) is 1. The summed E-state index contributed by atoms with van der Waals surface area (Å²) in [5, 5.41) is 12.3. The summed E-state index contributed by atoms with van der Waals surface area (Å²) in [6.07, 6.45) is 0. The molecule has 0 aliphatic heterocycles. The fourth-order valence-electron chi connectivity index (χ4n) is 1.23. The van der Waals surface area contributed by atoms with Gasteiger partial charge in [-0.1, -0.05) is 0 Å². The average Bonchev–Trinajstić information content (AvgIpc) is 2.34. The molecule has 0 saturated heterocycles. The van der Waals surface area contributed by atoms with Gasteiger partial charge in [-0.05, 0) is 13.0 Å². The maximum atomic E-state index is 13.4. The largest absolute Gasteiger partial charge is 0.505 e. The molecule has 0 fully saturated rings. The van der Waals surface area contributed by atoms with Crippen LogP contribution < -0.4 is 0 Å². The van der Waals surface area contributed by atoms with Crippen molar-refractivity contribution < 1.29 is 27.8 Å². The highest BCUT2D eigenvalue weighted by Crippen LogP contribution is 2.23. The minimum absolute atomic E-state index is 0.0641. The first-order valence-electron chi connectivity index (χ1n) is 5.05. The Morgan fingerprint density at radius 1 is 1.32 bits per heavy atom. The molecule has 1 aromatic rings. The minimum atomic E-state index is -1.45. The lowest BCUT2D eigenvalue weighted by atomic mass is 10.1. The van der Waals surface area contributed by atoms with Gasteiger partial charge < -0.3 is 9.84 Å². The van der Waals surface area contributed by atoms with Gasteiger partial charge in [0.25, 0.3) is 0 Å². The van der Waals surface area contributed by atoms with Crippen LogP contribution in [0.3, 0.4) is 0 Å². The highest BCUT2D eigenvalue weighted by atomic mass is 19.2. The fraction of sp³-hybridized carbons (Fsp3) is 0.182. The van der Waals surface area contributed by atoms with Gasteiger partial charge in [-0.2, -0.15) is 0 Å². The average molecular weight is 274 g/mol. The molecule has 1 aromatic carbocycles. The summed E-state index contributed by atoms with van der Waals surface area (Å²) < 4.78 is 43.5. The molecule has 0 aliphatic rings. The van der Waals surface area contributed by atoms with E-state index in [1.165, 1.54) is 6.92 Å². The van der Waals surface area contributed by atoms with Crippen LogP contribution in [0.15, 0.2) is 22.9 Å². The molecule has 0 radical (unpaired) electrons. The van der Waals surface area contributed by atoms with Crippen molar-refractivity contribution in [1.29, 1.82) is 5.53 Å². The quantitative estimate of drug-likeness (QED) is 0.291. The van der Waals surface area contributed by atoms with Crippen LogP contribution in [0.5, 0.6) is 0 Å². The standard InChI is InChI=1S/C11H9F3N2O3/c1-2-19-11(18)9(16-15)10(17)5-3-7(13)8(14)4-6(5)12/h3-4,15,17H,2H2,1H3/b10-9+,16-15?. The van der Waals surface area contributed by atoms with Gasteiger partial charge in [-0.25, -0.2) is 23.5 Å². The highest BCUT2D eigenvalue weighted by Gasteiger charge is 2.21. The number of halogens is 3. The predicted octanol–water partition coefficient (Wildman–Crippen LogP) is 2.92. The fourth-order valence-corrected chi connectivity index (χ4v) is 1.23. The number of hydrogen-bond donors (Lipinski definition) is 2. The topological polar surface area (TPSA) is 82.7 Å². The first-order chi connectivity index (χ1) is 8.92. The van der Waals surface area contributed by atoms with Crippen LogP contribution in [0.1, 0.15) is 12.5 Å². The Balaban J connectivity index is 3.37. The van der Waals surface area contributed by atoms with Crippen molar-refractivity contribution in [2.24, 2.45) is 5.11 Å². The van der Waals surface area contributed by atoms with Crippen molar-refractivity contribution in [2.45, 2.75) is 6.92 Å². The molecule has 0 spiro atoms. The van der Waals surface area contributed by atoms with E-state index in [2.05, 4.69) is 9.85 Å². The number of benzene rings is 1. The van der Waals surface area contributed by atoms with Crippen LogP contribution in [0.4, 0.5) is 13.2 Å². The van der Waals surface area contributed by atoms with E-state index < -0.39 is 40.4 Å². The predicted molar refractivity (Wildman–Crippen MR) is 57.6 cm³/mol. The van der Waals surface area contributed by atoms with E-state index in [1.807, 2.05) is 0 Å². The third-order valence-corrected chi connectivity index (χ3v) is 2.07. The van der Waals surface area contributed by atoms with Crippen LogP contribution >= 0.6 is 0 Å². The first-order valence-corrected chi connectivity index (χ1v) is 5.05. The summed E-state index contributed by atoms with van der Waals surface area (Å²) in [7, 11) is 0. The van der Waals surface area contributed by atoms with Crippen LogP contribution in [-0.2, 0) is 9.53 Å². The Labute approximate surface area is 105 Å². The molecule has 0 bridgehead atoms. The zero-order chi connectivity index (χ0) is 14.6. The van der Waals surface area contributed by atoms with Crippen LogP contribution in [0.25, 0.3) is 5.76 Å². The molecular formula is C11H9F3N2O3. The number of hydrogen-bond acceptors (Lipinski definition) is 5. The second-order valence-electron chi connectivity index (χ2n) is 3.28. The third kappa shape index (κ3) is 3.09. The lowest BCUT2D eigenvalue weighted by Gasteiger charge is -2.06. The van der Waals surface area contributed by atoms with E-state index in [-0.39, 0.29) is 12.7 Å². The number of rotatable bonds is 4. The number of aliphatic hydroxyl groups excluding tert-OH is 1. The Bertz CT molecular complexity index is 558. The third-order valence-electron chi connectivity index (χ3n) is 2.07. The van der Waals surface area contributed by atoms with E-state index in [0.29, 0.717) is 6.07 Å². The Morgan fingerprint density at radius 2 is 1.89 bits per heavy atom. The van der Waals surface area contributed by atoms with Crippen molar-refractivity contribution in [3.8, 4) is 0 Å². The monoisotopic (exact) mass is 274 g/mol. The molecule has 0 saturated carbocycles. The van der Waals surface area contributed by atoms with Gasteiger partial charge >= 0.3 is 5.97 Å². The summed E-state index contributed by atoms with van der Waals surface area (Å²) in [4.78, 5) is 11.3. The number of carbonyl (C=O) groups is 1. The number of esters is 1. The molecule has 0 aromatic heterocycles. The maximum Gasteiger partial charge on any atom is 0.362 e. The van der Waals surface area contributed by atoms with Gasteiger partial charge in [0.05, 0.1) is 12.2 Å². The van der Waals surface area contributed by atoms with Gasteiger partial charge in [-0.15, -0.1) is 5.11 Å². The molecule has 0 amide bonds. The molecule has 1 rings (SSSR count). The number of ether oxygens (including phenoxy) is 1. The molecule has 8 heteroatoms. The number of aliphatic hydroxyl groups is 1. The lowest BCUT2D eigenvalue weighted by Crippen LogP contribution is -2.09. The van der Waals surface area contributed by atoms with Crippen molar-refractivity contribution in [1.82, 2.24) is 0 Å². The van der Waals surface area contributed by atoms with Crippen molar-refractivity contribution in [3.63, 3.8) is 0 Å². The zero-order valence-corrected chi connectivity index (χ0v) is 9.71. The van der Waals surface area contributed by atoms with E-state index in [9.17, 15) is 23.1 Å². The molecule has 2 N–H and O–H groups in total. The summed E-state index contributed by atoms with van der Waals surface area (Å²) in [6.45, 7) is 1.40. The molecule has 102 valence electrons. The van der Waals surface area contributed by atoms with Crippen molar-refractivity contribution in [2.75, 3.05) is 6.61 Å². The molecular weight excluding hydrogens is 265 g/mol. The summed E-state index contributed by atoms with van der Waals surface area (Å²) in [5.41, 5.74) is 5.03. The van der Waals surface area contributed by atoms with Crippen LogP contribution in [0.2, 0.25) is 0 Å². The van der Waals surface area contributed by atoms with E-state index in [0.717, 1.165) is 0 Å². The van der Waals surface area contributed by atoms with E-state index >= 15 is 0 Å². The number of nitrogens with zero attached hydrogens (tertiary/aromatic N) is 1. The van der Waals surface area contributed by atoms with Gasteiger partial charge in [0.2, 0.25) is 5.70 Å². The van der Waals surface area contributed by atoms with Crippen molar-refractivity contribution >= 4 is 11.7 Å². The second kappa shape index (κ2) is 5.98. The summed E-state index contributed by atoms with van der Waals surface area (Å²) >= 11 is 0. The van der Waals surface area contributed by atoms with Gasteiger partial charge in [0, 0.05) is 6.07 Å².